The summed E-state index contributed by atoms with van der Waals surface area (Å²) in [6, 6.07) is 0. The third-order valence-corrected chi connectivity index (χ3v) is 6.38. The van der Waals surface area contributed by atoms with Gasteiger partial charge in [0.2, 0.25) is 0 Å². The van der Waals surface area contributed by atoms with Gasteiger partial charge in [0, 0.05) is 12.3 Å². The molecule has 1 fully saturated rings. The van der Waals surface area contributed by atoms with Crippen LogP contribution in [-0.4, -0.2) is 35.4 Å². The Labute approximate surface area is 173 Å². The fraction of sp³-hybridized carbons (Fsp3) is 0.667. The molecule has 0 aromatic heterocycles. The van der Waals surface area contributed by atoms with Gasteiger partial charge in [-0.15, -0.1) is 0 Å². The van der Waals surface area contributed by atoms with Crippen LogP contribution in [0.4, 0.5) is 0 Å². The first-order chi connectivity index (χ1) is 13.7. The third kappa shape index (κ3) is 5.59. The fourth-order valence-corrected chi connectivity index (χ4v) is 5.09. The molecule has 1 N–H and O–H groups in total. The van der Waals surface area contributed by atoms with E-state index >= 15 is 0 Å². The molecule has 0 bridgehead atoms. The van der Waals surface area contributed by atoms with Crippen LogP contribution in [0.15, 0.2) is 36.0 Å². The van der Waals surface area contributed by atoms with Crippen LogP contribution >= 0.6 is 0 Å². The minimum Gasteiger partial charge on any atom is -0.462 e. The molecular formula is C24H34O5. The Morgan fingerprint density at radius 2 is 2.07 bits per heavy atom. The van der Waals surface area contributed by atoms with Gasteiger partial charge in [0.25, 0.3) is 0 Å². The van der Waals surface area contributed by atoms with Crippen molar-refractivity contribution in [2.24, 2.45) is 23.7 Å². The van der Waals surface area contributed by atoms with Gasteiger partial charge in [0.05, 0.1) is 18.9 Å². The maximum absolute atomic E-state index is 12.4. The van der Waals surface area contributed by atoms with Gasteiger partial charge in [-0.05, 0) is 49.5 Å². The maximum Gasteiger partial charge on any atom is 0.310 e. The van der Waals surface area contributed by atoms with Crippen molar-refractivity contribution in [1.29, 1.82) is 0 Å². The molecule has 29 heavy (non-hydrogen) atoms. The highest BCUT2D eigenvalue weighted by molar-refractivity contribution is 5.72. The number of fused-ring (bicyclic) bond motifs is 1. The first kappa shape index (κ1) is 21.8. The van der Waals surface area contributed by atoms with Crippen LogP contribution in [0, 0.1) is 23.7 Å². The summed E-state index contributed by atoms with van der Waals surface area (Å²) in [5, 5.41) is 9.88. The van der Waals surface area contributed by atoms with Crippen LogP contribution in [-0.2, 0) is 19.1 Å². The van der Waals surface area contributed by atoms with Crippen LogP contribution in [0.5, 0.6) is 0 Å². The molecule has 5 heteroatoms. The number of rotatable bonds is 6. The Morgan fingerprint density at radius 3 is 2.76 bits per heavy atom. The van der Waals surface area contributed by atoms with Crippen molar-refractivity contribution in [3.05, 3.63) is 36.0 Å². The summed E-state index contributed by atoms with van der Waals surface area (Å²) in [5.74, 6) is 0.642. The van der Waals surface area contributed by atoms with Crippen LogP contribution in [0.3, 0.4) is 0 Å². The van der Waals surface area contributed by atoms with Crippen molar-refractivity contribution in [3.63, 3.8) is 0 Å². The number of aliphatic hydroxyl groups is 1. The largest absolute Gasteiger partial charge is 0.462 e. The SMILES string of the molecule is C=C(C)CC(=O)O[C@H]1C[C@@H](C)C=C2C=C[C@H](C)[C@H](CC[C@@H]3C[C@@H](O)CC(=O)O3)C21. The minimum absolute atomic E-state index is 0.0905. The maximum atomic E-state index is 12.4. The number of carbonyl (C=O) groups is 2. The van der Waals surface area contributed by atoms with Gasteiger partial charge in [-0.3, -0.25) is 9.59 Å². The number of cyclic esters (lactones) is 1. The van der Waals surface area contributed by atoms with Gasteiger partial charge in [-0.1, -0.05) is 44.2 Å². The molecule has 1 heterocycles. The van der Waals surface area contributed by atoms with Crippen LogP contribution < -0.4 is 0 Å². The van der Waals surface area contributed by atoms with Crippen molar-refractivity contribution in [2.75, 3.05) is 0 Å². The Kier molecular flexibility index (Phi) is 6.99. The summed E-state index contributed by atoms with van der Waals surface area (Å²) in [4.78, 5) is 24.0. The van der Waals surface area contributed by atoms with Crippen molar-refractivity contribution in [3.8, 4) is 0 Å². The standard InChI is InChI=1S/C24H34O5/c1-14(2)9-22(26)29-21-11-15(3)10-17-6-5-16(4)20(24(17)21)8-7-19-12-18(25)13-23(27)28-19/h5-6,10,15-16,18-21,24-25H,1,7-9,11-13H2,2-4H3/t15-,16-,18+,19+,20-,21-,24?/m0/s1. The Hall–Kier alpha value is -1.88. The molecular weight excluding hydrogens is 368 g/mol. The quantitative estimate of drug-likeness (QED) is 0.534. The highest BCUT2D eigenvalue weighted by atomic mass is 16.5. The topological polar surface area (TPSA) is 72.8 Å². The molecule has 160 valence electrons. The summed E-state index contributed by atoms with van der Waals surface area (Å²) >= 11 is 0. The lowest BCUT2D eigenvalue weighted by Gasteiger charge is -2.43. The lowest BCUT2D eigenvalue weighted by atomic mass is 9.65. The summed E-state index contributed by atoms with van der Waals surface area (Å²) in [6.07, 6.45) is 8.99. The van der Waals surface area contributed by atoms with Crippen molar-refractivity contribution < 1.29 is 24.2 Å². The van der Waals surface area contributed by atoms with E-state index < -0.39 is 6.10 Å². The smallest absolute Gasteiger partial charge is 0.310 e. The van der Waals surface area contributed by atoms with Gasteiger partial charge in [0.1, 0.15) is 12.2 Å². The molecule has 0 saturated carbocycles. The monoisotopic (exact) mass is 402 g/mol. The highest BCUT2D eigenvalue weighted by Crippen LogP contribution is 2.45. The second-order valence-corrected chi connectivity index (χ2v) is 9.23. The average molecular weight is 403 g/mol. The molecule has 5 nitrogen and oxygen atoms in total. The van der Waals surface area contributed by atoms with E-state index in [0.717, 1.165) is 24.8 Å². The minimum atomic E-state index is -0.605. The average Bonchev–Trinajstić information content (AvgIpc) is 2.59. The van der Waals surface area contributed by atoms with Crippen LogP contribution in [0.2, 0.25) is 0 Å². The van der Waals surface area contributed by atoms with E-state index in [0.29, 0.717) is 24.2 Å². The molecule has 3 aliphatic rings. The Bertz CT molecular complexity index is 706. The number of hydrogen-bond acceptors (Lipinski definition) is 5. The van der Waals surface area contributed by atoms with Crippen LogP contribution in [0.1, 0.15) is 59.3 Å². The zero-order valence-corrected chi connectivity index (χ0v) is 17.8. The van der Waals surface area contributed by atoms with Gasteiger partial charge >= 0.3 is 11.9 Å². The van der Waals surface area contributed by atoms with Gasteiger partial charge in [-0.2, -0.15) is 0 Å². The van der Waals surface area contributed by atoms with E-state index in [1.54, 1.807) is 0 Å². The Balaban J connectivity index is 1.73. The molecule has 0 spiro atoms. The van der Waals surface area contributed by atoms with E-state index in [4.69, 9.17) is 9.47 Å². The summed E-state index contributed by atoms with van der Waals surface area (Å²) in [5.41, 5.74) is 2.06. The zero-order valence-electron chi connectivity index (χ0n) is 17.8. The van der Waals surface area contributed by atoms with E-state index in [1.165, 1.54) is 5.57 Å². The molecule has 0 amide bonds. The Morgan fingerprint density at radius 1 is 1.31 bits per heavy atom. The van der Waals surface area contributed by atoms with Gasteiger partial charge < -0.3 is 14.6 Å². The highest BCUT2D eigenvalue weighted by Gasteiger charge is 2.41. The molecule has 2 aliphatic carbocycles. The lowest BCUT2D eigenvalue weighted by molar-refractivity contribution is -0.161. The van der Waals surface area contributed by atoms with E-state index in [-0.39, 0.29) is 42.9 Å². The third-order valence-electron chi connectivity index (χ3n) is 6.38. The molecule has 1 saturated heterocycles. The number of esters is 2. The molecule has 1 aliphatic heterocycles. The molecule has 1 unspecified atom stereocenters. The summed E-state index contributed by atoms with van der Waals surface area (Å²) in [6.45, 7) is 10.0. The zero-order chi connectivity index (χ0) is 21.1. The fourth-order valence-electron chi connectivity index (χ4n) is 5.09. The summed E-state index contributed by atoms with van der Waals surface area (Å²) in [7, 11) is 0. The van der Waals surface area contributed by atoms with E-state index in [2.05, 4.69) is 38.7 Å². The predicted octanol–water partition coefficient (Wildman–Crippen LogP) is 4.12. The van der Waals surface area contributed by atoms with Gasteiger partial charge in [-0.25, -0.2) is 0 Å². The molecule has 0 aromatic rings. The number of hydrogen-bond donors (Lipinski definition) is 1. The molecule has 0 radical (unpaired) electrons. The normalized spacial score (nSPS) is 36.6. The van der Waals surface area contributed by atoms with E-state index in [9.17, 15) is 14.7 Å². The second-order valence-electron chi connectivity index (χ2n) is 9.23. The number of ether oxygens (including phenoxy) is 2. The first-order valence-electron chi connectivity index (χ1n) is 10.8. The number of carbonyl (C=O) groups excluding carboxylic acids is 2. The second kappa shape index (κ2) is 9.29. The molecule has 3 rings (SSSR count). The van der Waals surface area contributed by atoms with Crippen molar-refractivity contribution in [1.82, 2.24) is 0 Å². The van der Waals surface area contributed by atoms with Crippen molar-refractivity contribution in [2.45, 2.75) is 77.6 Å². The first-order valence-corrected chi connectivity index (χ1v) is 10.8. The number of allylic oxidation sites excluding steroid dienone is 3. The summed E-state index contributed by atoms with van der Waals surface area (Å²) < 4.78 is 11.4. The van der Waals surface area contributed by atoms with E-state index in [1.807, 2.05) is 6.92 Å². The van der Waals surface area contributed by atoms with Crippen LogP contribution in [0.25, 0.3) is 0 Å². The predicted molar refractivity (Wildman–Crippen MR) is 111 cm³/mol. The lowest BCUT2D eigenvalue weighted by Crippen LogP contribution is -2.41. The van der Waals surface area contributed by atoms with Gasteiger partial charge in [0.15, 0.2) is 0 Å². The molecule has 0 aromatic carbocycles. The van der Waals surface area contributed by atoms with Crippen molar-refractivity contribution >= 4 is 11.9 Å². The number of aliphatic hydroxyl groups excluding tert-OH is 1. The molecule has 7 atom stereocenters.